The fourth-order valence-corrected chi connectivity index (χ4v) is 1.86. The first-order valence-corrected chi connectivity index (χ1v) is 6.11. The number of hydrogen-bond donors (Lipinski definition) is 4. The van der Waals surface area contributed by atoms with Crippen molar-refractivity contribution >= 4 is 17.5 Å². The molecule has 0 saturated carbocycles. The Labute approximate surface area is 110 Å². The van der Waals surface area contributed by atoms with E-state index in [1.54, 1.807) is 0 Å². The van der Waals surface area contributed by atoms with Crippen molar-refractivity contribution in [2.24, 2.45) is 0 Å². The van der Waals surface area contributed by atoms with Gasteiger partial charge in [-0.05, 0) is 0 Å². The van der Waals surface area contributed by atoms with E-state index in [0.717, 1.165) is 0 Å². The lowest BCUT2D eigenvalue weighted by Crippen LogP contribution is -2.64. The van der Waals surface area contributed by atoms with E-state index in [9.17, 15) is 15.0 Å². The summed E-state index contributed by atoms with van der Waals surface area (Å²) in [5, 5.41) is 31.1. The van der Waals surface area contributed by atoms with Crippen LogP contribution >= 0.6 is 11.6 Å². The smallest absolute Gasteiger partial charge is 0.217 e. The highest BCUT2D eigenvalue weighted by Crippen LogP contribution is 2.22. The minimum Gasteiger partial charge on any atom is -0.394 e. The molecule has 4 N–H and O–H groups in total. The van der Waals surface area contributed by atoms with Crippen molar-refractivity contribution in [2.75, 3.05) is 19.1 Å². The Morgan fingerprint density at radius 3 is 2.61 bits per heavy atom. The van der Waals surface area contributed by atoms with Gasteiger partial charge in [0, 0.05) is 12.8 Å². The van der Waals surface area contributed by atoms with Gasteiger partial charge in [0.05, 0.1) is 13.2 Å². The normalized spacial score (nSPS) is 36.4. The number of carbonyl (C=O) groups excluding carboxylic acids is 1. The number of alkyl halides is 1. The summed E-state index contributed by atoms with van der Waals surface area (Å²) in [5.41, 5.74) is 0. The summed E-state index contributed by atoms with van der Waals surface area (Å²) in [6, 6.07) is -0.913. The molecule has 0 aliphatic carbocycles. The summed E-state index contributed by atoms with van der Waals surface area (Å²) in [6.07, 6.45) is -4.53. The van der Waals surface area contributed by atoms with Gasteiger partial charge in [0.25, 0.3) is 0 Å². The molecule has 1 fully saturated rings. The van der Waals surface area contributed by atoms with E-state index in [0.29, 0.717) is 0 Å². The van der Waals surface area contributed by atoms with Crippen molar-refractivity contribution in [1.29, 1.82) is 0 Å². The van der Waals surface area contributed by atoms with Crippen LogP contribution in [0, 0.1) is 0 Å². The quantitative estimate of drug-likeness (QED) is 0.443. The fraction of sp³-hybridized carbons (Fsp3) is 0.900. The minimum absolute atomic E-state index is 0.156. The maximum absolute atomic E-state index is 11.0. The largest absolute Gasteiger partial charge is 0.394 e. The second-order valence-corrected chi connectivity index (χ2v) is 4.37. The van der Waals surface area contributed by atoms with Gasteiger partial charge in [0.2, 0.25) is 5.91 Å². The molecule has 1 amide bonds. The van der Waals surface area contributed by atoms with Crippen LogP contribution in [0.15, 0.2) is 0 Å². The standard InChI is InChI=1S/C10H18ClNO6/c1-5(14)12-7-9(16)8(15)6(4-13)18-10(7)17-3-2-11/h6-10,13,15-16H,2-4H2,1H3,(H,12,14)/t6-,7+,8+,9+,10-/m1/s1. The maximum atomic E-state index is 11.0. The molecule has 5 atom stereocenters. The molecule has 1 heterocycles. The number of nitrogens with one attached hydrogen (secondary N) is 1. The third-order valence-electron chi connectivity index (χ3n) is 2.61. The predicted octanol–water partition coefficient (Wildman–Crippen LogP) is -1.81. The lowest BCUT2D eigenvalue weighted by molar-refractivity contribution is -0.268. The van der Waals surface area contributed by atoms with Crippen LogP contribution in [0.3, 0.4) is 0 Å². The molecule has 0 spiro atoms. The van der Waals surface area contributed by atoms with Gasteiger partial charge in [0.1, 0.15) is 24.4 Å². The molecule has 1 saturated heterocycles. The molecule has 18 heavy (non-hydrogen) atoms. The van der Waals surface area contributed by atoms with Crippen LogP contribution in [0.2, 0.25) is 0 Å². The third-order valence-corrected chi connectivity index (χ3v) is 2.76. The van der Waals surface area contributed by atoms with E-state index in [1.807, 2.05) is 0 Å². The zero-order chi connectivity index (χ0) is 13.7. The van der Waals surface area contributed by atoms with Crippen molar-refractivity contribution < 1.29 is 29.6 Å². The summed E-state index contributed by atoms with van der Waals surface area (Å²) in [6.45, 7) is 0.963. The molecular formula is C10H18ClNO6. The molecule has 0 unspecified atom stereocenters. The second-order valence-electron chi connectivity index (χ2n) is 3.99. The van der Waals surface area contributed by atoms with Gasteiger partial charge in [-0.1, -0.05) is 0 Å². The number of hydrogen-bond acceptors (Lipinski definition) is 6. The maximum Gasteiger partial charge on any atom is 0.217 e. The highest BCUT2D eigenvalue weighted by atomic mass is 35.5. The van der Waals surface area contributed by atoms with Crippen LogP contribution in [-0.2, 0) is 14.3 Å². The van der Waals surface area contributed by atoms with Gasteiger partial charge < -0.3 is 30.1 Å². The molecule has 0 aromatic rings. The Morgan fingerprint density at radius 1 is 1.44 bits per heavy atom. The lowest BCUT2D eigenvalue weighted by atomic mass is 9.97. The molecule has 7 nitrogen and oxygen atoms in total. The van der Waals surface area contributed by atoms with Gasteiger partial charge >= 0.3 is 0 Å². The summed E-state index contributed by atoms with van der Waals surface area (Å²) in [7, 11) is 0. The molecule has 1 rings (SSSR count). The van der Waals surface area contributed by atoms with Gasteiger partial charge in [-0.3, -0.25) is 4.79 Å². The zero-order valence-electron chi connectivity index (χ0n) is 9.95. The number of amides is 1. The van der Waals surface area contributed by atoms with Gasteiger partial charge in [-0.2, -0.15) is 0 Å². The van der Waals surface area contributed by atoms with Crippen molar-refractivity contribution in [3.05, 3.63) is 0 Å². The van der Waals surface area contributed by atoms with E-state index < -0.39 is 43.2 Å². The Morgan fingerprint density at radius 2 is 2.11 bits per heavy atom. The number of ether oxygens (including phenoxy) is 2. The van der Waals surface area contributed by atoms with Crippen molar-refractivity contribution in [3.8, 4) is 0 Å². The molecule has 1 aliphatic heterocycles. The average Bonchev–Trinajstić information content (AvgIpc) is 2.33. The third kappa shape index (κ3) is 3.78. The van der Waals surface area contributed by atoms with Crippen LogP contribution in [0.4, 0.5) is 0 Å². The second kappa shape index (κ2) is 7.22. The summed E-state index contributed by atoms with van der Waals surface area (Å²) < 4.78 is 10.5. The Balaban J connectivity index is 2.76. The van der Waals surface area contributed by atoms with Crippen LogP contribution in [0.25, 0.3) is 0 Å². The van der Waals surface area contributed by atoms with Crippen LogP contribution in [0.5, 0.6) is 0 Å². The SMILES string of the molecule is CC(=O)N[C@@H]1[C@H](OCCCl)O[C@H](CO)[C@H](O)[C@H]1O. The van der Waals surface area contributed by atoms with Gasteiger partial charge in [0.15, 0.2) is 6.29 Å². The topological polar surface area (TPSA) is 108 Å². The molecule has 0 radical (unpaired) electrons. The summed E-state index contributed by atoms with van der Waals surface area (Å²) >= 11 is 5.48. The molecule has 0 aromatic heterocycles. The summed E-state index contributed by atoms with van der Waals surface area (Å²) in [4.78, 5) is 11.0. The number of rotatable bonds is 5. The van der Waals surface area contributed by atoms with Crippen LogP contribution < -0.4 is 5.32 Å². The Kier molecular flexibility index (Phi) is 6.27. The van der Waals surface area contributed by atoms with E-state index in [2.05, 4.69) is 5.32 Å². The van der Waals surface area contributed by atoms with E-state index in [4.69, 9.17) is 26.2 Å². The highest BCUT2D eigenvalue weighted by molar-refractivity contribution is 6.17. The van der Waals surface area contributed by atoms with Gasteiger partial charge in [-0.25, -0.2) is 0 Å². The van der Waals surface area contributed by atoms with Crippen molar-refractivity contribution in [3.63, 3.8) is 0 Å². The summed E-state index contributed by atoms with van der Waals surface area (Å²) in [5.74, 6) is -0.175. The fourth-order valence-electron chi connectivity index (χ4n) is 1.77. The number of aliphatic hydroxyl groups excluding tert-OH is 3. The van der Waals surface area contributed by atoms with E-state index >= 15 is 0 Å². The van der Waals surface area contributed by atoms with Crippen LogP contribution in [0.1, 0.15) is 6.92 Å². The average molecular weight is 284 g/mol. The first-order valence-electron chi connectivity index (χ1n) is 5.58. The minimum atomic E-state index is -1.30. The number of carbonyl (C=O) groups is 1. The van der Waals surface area contributed by atoms with Gasteiger partial charge in [-0.15, -0.1) is 11.6 Å². The Hall–Kier alpha value is -0.440. The molecule has 1 aliphatic rings. The molecule has 0 bridgehead atoms. The molecule has 106 valence electrons. The first-order chi connectivity index (χ1) is 8.51. The van der Waals surface area contributed by atoms with Crippen molar-refractivity contribution in [2.45, 2.75) is 37.6 Å². The molecular weight excluding hydrogens is 266 g/mol. The van der Waals surface area contributed by atoms with Crippen molar-refractivity contribution in [1.82, 2.24) is 5.32 Å². The number of halogens is 1. The van der Waals surface area contributed by atoms with Crippen LogP contribution in [-0.4, -0.2) is 71.0 Å². The van der Waals surface area contributed by atoms with E-state index in [-0.39, 0.29) is 12.5 Å². The molecule has 8 heteroatoms. The zero-order valence-corrected chi connectivity index (χ0v) is 10.7. The first kappa shape index (κ1) is 15.6. The molecule has 0 aromatic carbocycles. The van der Waals surface area contributed by atoms with E-state index in [1.165, 1.54) is 6.92 Å². The highest BCUT2D eigenvalue weighted by Gasteiger charge is 2.45. The number of aliphatic hydroxyl groups is 3. The Bertz CT molecular complexity index is 279. The lowest BCUT2D eigenvalue weighted by Gasteiger charge is -2.42. The predicted molar refractivity (Wildman–Crippen MR) is 62.0 cm³/mol. The monoisotopic (exact) mass is 283 g/mol.